The minimum atomic E-state index is -0.157. The Morgan fingerprint density at radius 2 is 2.11 bits per heavy atom. The normalized spacial score (nSPS) is 13.7. The van der Waals surface area contributed by atoms with Gasteiger partial charge in [0.1, 0.15) is 0 Å². The van der Waals surface area contributed by atoms with Crippen molar-refractivity contribution < 1.29 is 9.84 Å². The highest BCUT2D eigenvalue weighted by molar-refractivity contribution is 4.52. The van der Waals surface area contributed by atoms with Crippen LogP contribution in [0.15, 0.2) is 0 Å². The fourth-order valence-electron chi connectivity index (χ4n) is 0.731. The molecule has 0 aliphatic heterocycles. The molecule has 0 aliphatic carbocycles. The van der Waals surface area contributed by atoms with E-state index in [1.165, 1.54) is 0 Å². The summed E-state index contributed by atoms with van der Waals surface area (Å²) in [6.07, 6.45) is 2.55. The summed E-state index contributed by atoms with van der Waals surface area (Å²) in [6.45, 7) is 2.73. The van der Waals surface area contributed by atoms with E-state index >= 15 is 0 Å². The van der Waals surface area contributed by atoms with Crippen LogP contribution in [0.25, 0.3) is 0 Å². The van der Waals surface area contributed by atoms with Gasteiger partial charge in [-0.3, -0.25) is 0 Å². The van der Waals surface area contributed by atoms with Crippen molar-refractivity contribution in [1.29, 1.82) is 0 Å². The van der Waals surface area contributed by atoms with Gasteiger partial charge in [-0.05, 0) is 12.8 Å². The number of methoxy groups -OCH3 is 1. The average molecular weight is 132 g/mol. The Hall–Kier alpha value is -0.0800. The van der Waals surface area contributed by atoms with Crippen LogP contribution in [0.4, 0.5) is 0 Å². The van der Waals surface area contributed by atoms with Crippen molar-refractivity contribution in [3.8, 4) is 0 Å². The summed E-state index contributed by atoms with van der Waals surface area (Å²) < 4.78 is 4.80. The molecule has 0 saturated carbocycles. The summed E-state index contributed by atoms with van der Waals surface area (Å²) in [5.74, 6) is 0. The molecule has 0 unspecified atom stereocenters. The second-order valence-electron chi connectivity index (χ2n) is 2.22. The van der Waals surface area contributed by atoms with E-state index in [0.29, 0.717) is 6.61 Å². The number of rotatable bonds is 5. The van der Waals surface area contributed by atoms with Gasteiger partial charge in [0.25, 0.3) is 0 Å². The Bertz CT molecular complexity index is 54.9. The molecule has 0 aromatic carbocycles. The van der Waals surface area contributed by atoms with Gasteiger partial charge in [-0.15, -0.1) is 0 Å². The molecule has 0 spiro atoms. The van der Waals surface area contributed by atoms with Gasteiger partial charge in [0.2, 0.25) is 0 Å². The number of aliphatic hydroxyl groups is 1. The van der Waals surface area contributed by atoms with Gasteiger partial charge in [-0.1, -0.05) is 13.3 Å². The predicted molar refractivity (Wildman–Crippen MR) is 37.4 cm³/mol. The molecule has 2 heteroatoms. The largest absolute Gasteiger partial charge is 0.393 e. The van der Waals surface area contributed by atoms with Crippen molar-refractivity contribution in [2.75, 3.05) is 13.7 Å². The maximum absolute atomic E-state index is 9.10. The van der Waals surface area contributed by atoms with Crippen LogP contribution < -0.4 is 0 Å². The molecule has 0 aromatic heterocycles. The third-order valence-corrected chi connectivity index (χ3v) is 1.28. The molecule has 0 aromatic rings. The van der Waals surface area contributed by atoms with Gasteiger partial charge >= 0.3 is 0 Å². The molecular weight excluding hydrogens is 116 g/mol. The zero-order valence-corrected chi connectivity index (χ0v) is 6.26. The predicted octanol–water partition coefficient (Wildman–Crippen LogP) is 1.18. The molecule has 0 amide bonds. The third-order valence-electron chi connectivity index (χ3n) is 1.28. The lowest BCUT2D eigenvalue weighted by atomic mass is 10.1. The van der Waals surface area contributed by atoms with Crippen LogP contribution in [0.3, 0.4) is 0 Å². The molecule has 9 heavy (non-hydrogen) atoms. The van der Waals surface area contributed by atoms with Gasteiger partial charge in [-0.25, -0.2) is 0 Å². The van der Waals surface area contributed by atoms with Crippen LogP contribution in [-0.4, -0.2) is 24.9 Å². The van der Waals surface area contributed by atoms with Gasteiger partial charge in [0.15, 0.2) is 0 Å². The molecule has 0 rings (SSSR count). The van der Waals surface area contributed by atoms with Crippen molar-refractivity contribution in [2.24, 2.45) is 0 Å². The standard InChI is InChI=1S/C7H16O2/c1-3-4-7(8)5-6-9-2/h7-8H,3-6H2,1-2H3/t7-/m0/s1. The van der Waals surface area contributed by atoms with Crippen LogP contribution >= 0.6 is 0 Å². The Labute approximate surface area is 56.8 Å². The van der Waals surface area contributed by atoms with E-state index < -0.39 is 0 Å². The van der Waals surface area contributed by atoms with E-state index in [9.17, 15) is 0 Å². The van der Waals surface area contributed by atoms with E-state index in [1.54, 1.807) is 7.11 Å². The molecule has 0 fully saturated rings. The first kappa shape index (κ1) is 8.92. The number of hydrogen-bond acceptors (Lipinski definition) is 2. The summed E-state index contributed by atoms with van der Waals surface area (Å²) in [5.41, 5.74) is 0. The van der Waals surface area contributed by atoms with E-state index in [4.69, 9.17) is 9.84 Å². The summed E-state index contributed by atoms with van der Waals surface area (Å²) in [4.78, 5) is 0. The monoisotopic (exact) mass is 132 g/mol. The minimum absolute atomic E-state index is 0.157. The van der Waals surface area contributed by atoms with Crippen molar-refractivity contribution in [3.05, 3.63) is 0 Å². The van der Waals surface area contributed by atoms with Crippen molar-refractivity contribution in [2.45, 2.75) is 32.3 Å². The molecule has 0 aliphatic rings. The van der Waals surface area contributed by atoms with E-state index in [1.807, 2.05) is 0 Å². The van der Waals surface area contributed by atoms with Crippen molar-refractivity contribution in [3.63, 3.8) is 0 Å². The van der Waals surface area contributed by atoms with Gasteiger partial charge < -0.3 is 9.84 Å². The first-order valence-electron chi connectivity index (χ1n) is 3.48. The highest BCUT2D eigenvalue weighted by atomic mass is 16.5. The Balaban J connectivity index is 2.95. The smallest absolute Gasteiger partial charge is 0.0562 e. The van der Waals surface area contributed by atoms with Gasteiger partial charge in [0, 0.05) is 13.7 Å². The first-order chi connectivity index (χ1) is 4.31. The first-order valence-corrected chi connectivity index (χ1v) is 3.48. The molecule has 0 bridgehead atoms. The van der Waals surface area contributed by atoms with E-state index in [2.05, 4.69) is 6.92 Å². The third kappa shape index (κ3) is 5.80. The number of aliphatic hydroxyl groups excluding tert-OH is 1. The van der Waals surface area contributed by atoms with E-state index in [0.717, 1.165) is 19.3 Å². The molecule has 1 atom stereocenters. The number of ether oxygens (including phenoxy) is 1. The van der Waals surface area contributed by atoms with Crippen molar-refractivity contribution >= 4 is 0 Å². The lowest BCUT2D eigenvalue weighted by Gasteiger charge is -2.06. The summed E-state index contributed by atoms with van der Waals surface area (Å²) in [7, 11) is 1.65. The molecule has 2 nitrogen and oxygen atoms in total. The van der Waals surface area contributed by atoms with Gasteiger partial charge in [0.05, 0.1) is 6.10 Å². The number of hydrogen-bond donors (Lipinski definition) is 1. The maximum Gasteiger partial charge on any atom is 0.0562 e. The molecule has 0 radical (unpaired) electrons. The minimum Gasteiger partial charge on any atom is -0.393 e. The summed E-state index contributed by atoms with van der Waals surface area (Å²) >= 11 is 0. The SMILES string of the molecule is CCC[C@H](O)CCOC. The lowest BCUT2D eigenvalue weighted by molar-refractivity contribution is 0.103. The second kappa shape index (κ2) is 6.05. The quantitative estimate of drug-likeness (QED) is 0.608. The van der Waals surface area contributed by atoms with Gasteiger partial charge in [-0.2, -0.15) is 0 Å². The molecular formula is C7H16O2. The van der Waals surface area contributed by atoms with Crippen LogP contribution in [0.5, 0.6) is 0 Å². The fraction of sp³-hybridized carbons (Fsp3) is 1.00. The topological polar surface area (TPSA) is 29.5 Å². The fourth-order valence-corrected chi connectivity index (χ4v) is 0.731. The molecule has 0 heterocycles. The zero-order chi connectivity index (χ0) is 7.11. The highest BCUT2D eigenvalue weighted by Crippen LogP contribution is 1.99. The zero-order valence-electron chi connectivity index (χ0n) is 6.26. The summed E-state index contributed by atoms with van der Waals surface area (Å²) in [6, 6.07) is 0. The Morgan fingerprint density at radius 1 is 1.44 bits per heavy atom. The molecule has 56 valence electrons. The summed E-state index contributed by atoms with van der Waals surface area (Å²) in [5, 5.41) is 9.10. The second-order valence-corrected chi connectivity index (χ2v) is 2.22. The maximum atomic E-state index is 9.10. The molecule has 1 N–H and O–H groups in total. The lowest BCUT2D eigenvalue weighted by Crippen LogP contribution is -2.08. The van der Waals surface area contributed by atoms with Crippen LogP contribution in [0.1, 0.15) is 26.2 Å². The average Bonchev–Trinajstić information content (AvgIpc) is 1.85. The van der Waals surface area contributed by atoms with Crippen molar-refractivity contribution in [1.82, 2.24) is 0 Å². The van der Waals surface area contributed by atoms with Crippen LogP contribution in [0.2, 0.25) is 0 Å². The van der Waals surface area contributed by atoms with Crippen LogP contribution in [0, 0.1) is 0 Å². The molecule has 0 saturated heterocycles. The van der Waals surface area contributed by atoms with Crippen LogP contribution in [-0.2, 0) is 4.74 Å². The Morgan fingerprint density at radius 3 is 2.56 bits per heavy atom. The van der Waals surface area contributed by atoms with E-state index in [-0.39, 0.29) is 6.10 Å². The highest BCUT2D eigenvalue weighted by Gasteiger charge is 1.99. The Kier molecular flexibility index (Phi) is 5.99.